The lowest BCUT2D eigenvalue weighted by molar-refractivity contribution is 0.617. The lowest BCUT2D eigenvalue weighted by Gasteiger charge is -2.03. The van der Waals surface area contributed by atoms with Crippen LogP contribution in [0.15, 0.2) is 23.0 Å². The summed E-state index contributed by atoms with van der Waals surface area (Å²) in [5.41, 5.74) is 2.51. The molecule has 0 unspecified atom stereocenters. The lowest BCUT2D eigenvalue weighted by Crippen LogP contribution is -2.18. The minimum atomic E-state index is 0.827. The van der Waals surface area contributed by atoms with Crippen LogP contribution in [0.5, 0.6) is 0 Å². The largest absolute Gasteiger partial charge is 0.311 e. The molecule has 0 aromatic carbocycles. The molecular formula is C10H14N4S. The predicted octanol–water partition coefficient (Wildman–Crippen LogP) is 1.21. The third-order valence-electron chi connectivity index (χ3n) is 2.28. The van der Waals surface area contributed by atoms with Crippen molar-refractivity contribution >= 4 is 11.3 Å². The highest BCUT2D eigenvalue weighted by Gasteiger charge is 1.98. The molecule has 0 radical (unpaired) electrons. The number of thiophene rings is 1. The monoisotopic (exact) mass is 222 g/mol. The molecule has 1 N–H and O–H groups in total. The summed E-state index contributed by atoms with van der Waals surface area (Å²) in [6.07, 6.45) is 2.87. The van der Waals surface area contributed by atoms with E-state index in [0.717, 1.165) is 25.2 Å². The Hall–Kier alpha value is -1.20. The summed E-state index contributed by atoms with van der Waals surface area (Å²) in [5, 5.41) is 15.4. The molecule has 2 rings (SSSR count). The number of aryl methyl sites for hydroxylation is 1. The summed E-state index contributed by atoms with van der Waals surface area (Å²) in [7, 11) is 1.91. The molecule has 4 nitrogen and oxygen atoms in total. The number of hydrogen-bond donors (Lipinski definition) is 1. The van der Waals surface area contributed by atoms with E-state index in [-0.39, 0.29) is 0 Å². The Bertz CT molecular complexity index is 393. The van der Waals surface area contributed by atoms with E-state index in [9.17, 15) is 0 Å². The van der Waals surface area contributed by atoms with Gasteiger partial charge in [0.15, 0.2) is 0 Å². The smallest absolute Gasteiger partial charge is 0.0738 e. The van der Waals surface area contributed by atoms with Gasteiger partial charge in [0.2, 0.25) is 0 Å². The Kier molecular flexibility index (Phi) is 3.47. The maximum atomic E-state index is 3.87. The van der Waals surface area contributed by atoms with Gasteiger partial charge in [-0.3, -0.25) is 4.68 Å². The van der Waals surface area contributed by atoms with Gasteiger partial charge in [-0.2, -0.15) is 11.3 Å². The Morgan fingerprint density at radius 2 is 2.47 bits per heavy atom. The van der Waals surface area contributed by atoms with Crippen molar-refractivity contribution in [1.29, 1.82) is 0 Å². The lowest BCUT2D eigenvalue weighted by atomic mass is 10.2. The molecule has 15 heavy (non-hydrogen) atoms. The highest BCUT2D eigenvalue weighted by molar-refractivity contribution is 7.07. The van der Waals surface area contributed by atoms with Crippen LogP contribution in [-0.2, 0) is 20.0 Å². The molecule has 2 aromatic rings. The van der Waals surface area contributed by atoms with Crippen molar-refractivity contribution in [1.82, 2.24) is 20.3 Å². The zero-order valence-corrected chi connectivity index (χ0v) is 9.50. The average molecular weight is 222 g/mol. The molecule has 2 heterocycles. The van der Waals surface area contributed by atoms with Crippen LogP contribution in [0.25, 0.3) is 0 Å². The topological polar surface area (TPSA) is 42.7 Å². The van der Waals surface area contributed by atoms with Crippen LogP contribution in [0.1, 0.15) is 11.3 Å². The van der Waals surface area contributed by atoms with Gasteiger partial charge in [-0.05, 0) is 35.4 Å². The molecule has 2 aromatic heterocycles. The summed E-state index contributed by atoms with van der Waals surface area (Å²) in [4.78, 5) is 0. The zero-order chi connectivity index (χ0) is 10.5. The number of hydrogen-bond acceptors (Lipinski definition) is 4. The molecule has 0 fully saturated rings. The van der Waals surface area contributed by atoms with Crippen molar-refractivity contribution in [2.45, 2.75) is 13.0 Å². The fourth-order valence-electron chi connectivity index (χ4n) is 1.36. The molecule has 0 aliphatic heterocycles. The first-order valence-electron chi connectivity index (χ1n) is 4.91. The highest BCUT2D eigenvalue weighted by atomic mass is 32.1. The van der Waals surface area contributed by atoms with E-state index in [0.29, 0.717) is 0 Å². The second kappa shape index (κ2) is 5.04. The summed E-state index contributed by atoms with van der Waals surface area (Å²) in [6.45, 7) is 1.82. The first-order valence-corrected chi connectivity index (χ1v) is 5.86. The first kappa shape index (κ1) is 10.3. The van der Waals surface area contributed by atoms with Crippen molar-refractivity contribution in [3.05, 3.63) is 34.3 Å². The quantitative estimate of drug-likeness (QED) is 0.773. The molecule has 0 aliphatic rings. The molecule has 0 amide bonds. The Labute approximate surface area is 92.9 Å². The van der Waals surface area contributed by atoms with E-state index in [2.05, 4.69) is 32.5 Å². The minimum Gasteiger partial charge on any atom is -0.311 e. The van der Waals surface area contributed by atoms with Gasteiger partial charge < -0.3 is 5.32 Å². The number of nitrogens with zero attached hydrogens (tertiary/aromatic N) is 3. The van der Waals surface area contributed by atoms with Gasteiger partial charge in [-0.25, -0.2) is 0 Å². The maximum Gasteiger partial charge on any atom is 0.0738 e. The van der Waals surface area contributed by atoms with E-state index in [1.165, 1.54) is 5.56 Å². The molecular weight excluding hydrogens is 208 g/mol. The van der Waals surface area contributed by atoms with Crippen LogP contribution in [0.2, 0.25) is 0 Å². The van der Waals surface area contributed by atoms with Gasteiger partial charge in [0.1, 0.15) is 0 Å². The van der Waals surface area contributed by atoms with E-state index in [1.807, 2.05) is 7.05 Å². The van der Waals surface area contributed by atoms with Crippen LogP contribution in [0, 0.1) is 0 Å². The number of aromatic nitrogens is 3. The van der Waals surface area contributed by atoms with Crippen LogP contribution in [0.3, 0.4) is 0 Å². The second-order valence-electron chi connectivity index (χ2n) is 3.41. The average Bonchev–Trinajstić information content (AvgIpc) is 2.85. The Morgan fingerprint density at radius 1 is 1.53 bits per heavy atom. The van der Waals surface area contributed by atoms with Crippen molar-refractivity contribution in [3.63, 3.8) is 0 Å². The van der Waals surface area contributed by atoms with Crippen LogP contribution in [0.4, 0.5) is 0 Å². The molecule has 5 heteroatoms. The summed E-state index contributed by atoms with van der Waals surface area (Å²) in [5.74, 6) is 0. The van der Waals surface area contributed by atoms with Gasteiger partial charge in [0, 0.05) is 13.6 Å². The van der Waals surface area contributed by atoms with Crippen molar-refractivity contribution < 1.29 is 0 Å². The van der Waals surface area contributed by atoms with Crippen molar-refractivity contribution in [2.75, 3.05) is 6.54 Å². The molecule has 0 atom stereocenters. The summed E-state index contributed by atoms with van der Waals surface area (Å²) in [6, 6.07) is 2.16. The Morgan fingerprint density at radius 3 is 3.13 bits per heavy atom. The van der Waals surface area contributed by atoms with Gasteiger partial charge in [-0.1, -0.05) is 5.21 Å². The molecule has 80 valence electrons. The van der Waals surface area contributed by atoms with E-state index in [1.54, 1.807) is 22.2 Å². The first-order chi connectivity index (χ1) is 7.36. The standard InChI is InChI=1S/C10H14N4S/c1-14-10(7-12-13-14)6-11-4-2-9-3-5-15-8-9/h3,5,7-8,11H,2,4,6H2,1H3. The SMILES string of the molecule is Cn1nncc1CNCCc1ccsc1. The third kappa shape index (κ3) is 2.87. The third-order valence-corrected chi connectivity index (χ3v) is 3.02. The van der Waals surface area contributed by atoms with Crippen LogP contribution in [-0.4, -0.2) is 21.5 Å². The fraction of sp³-hybridized carbons (Fsp3) is 0.400. The van der Waals surface area contributed by atoms with Gasteiger partial charge in [-0.15, -0.1) is 5.10 Å². The maximum absolute atomic E-state index is 3.87. The number of nitrogens with one attached hydrogen (secondary N) is 1. The van der Waals surface area contributed by atoms with Gasteiger partial charge in [0.05, 0.1) is 11.9 Å². The van der Waals surface area contributed by atoms with Crippen molar-refractivity contribution in [2.24, 2.45) is 7.05 Å². The summed E-state index contributed by atoms with van der Waals surface area (Å²) < 4.78 is 1.79. The van der Waals surface area contributed by atoms with E-state index in [4.69, 9.17) is 0 Å². The summed E-state index contributed by atoms with van der Waals surface area (Å²) >= 11 is 1.75. The minimum absolute atomic E-state index is 0.827. The molecule has 0 saturated carbocycles. The van der Waals surface area contributed by atoms with Crippen molar-refractivity contribution in [3.8, 4) is 0 Å². The normalized spacial score (nSPS) is 10.7. The van der Waals surface area contributed by atoms with Gasteiger partial charge >= 0.3 is 0 Å². The second-order valence-corrected chi connectivity index (χ2v) is 4.19. The molecule has 0 spiro atoms. The molecule has 0 aliphatic carbocycles. The highest BCUT2D eigenvalue weighted by Crippen LogP contribution is 2.05. The number of rotatable bonds is 5. The van der Waals surface area contributed by atoms with E-state index < -0.39 is 0 Å². The fourth-order valence-corrected chi connectivity index (χ4v) is 2.06. The van der Waals surface area contributed by atoms with Crippen LogP contribution < -0.4 is 5.32 Å². The Balaban J connectivity index is 1.70. The van der Waals surface area contributed by atoms with Crippen LogP contribution >= 0.6 is 11.3 Å². The molecule has 0 saturated heterocycles. The predicted molar refractivity (Wildman–Crippen MR) is 60.7 cm³/mol. The zero-order valence-electron chi connectivity index (χ0n) is 8.68. The molecule has 0 bridgehead atoms. The van der Waals surface area contributed by atoms with Gasteiger partial charge in [0.25, 0.3) is 0 Å². The van der Waals surface area contributed by atoms with E-state index >= 15 is 0 Å².